The Bertz CT molecular complexity index is 624. The quantitative estimate of drug-likeness (QED) is 0.868. The molecule has 0 bridgehead atoms. The van der Waals surface area contributed by atoms with Crippen molar-refractivity contribution < 1.29 is 4.79 Å². The summed E-state index contributed by atoms with van der Waals surface area (Å²) < 4.78 is 1.72. The number of rotatable bonds is 3. The second-order valence-corrected chi connectivity index (χ2v) is 6.44. The van der Waals surface area contributed by atoms with Gasteiger partial charge < -0.3 is 9.80 Å². The zero-order valence-electron chi connectivity index (χ0n) is 13.0. The molecule has 1 fully saturated rings. The number of aryl methyl sites for hydroxylation is 1. The van der Waals surface area contributed by atoms with Crippen LogP contribution in [0.4, 0.5) is 5.13 Å². The van der Waals surface area contributed by atoms with E-state index in [9.17, 15) is 4.79 Å². The first-order valence-electron chi connectivity index (χ1n) is 7.60. The Morgan fingerprint density at radius 3 is 2.86 bits per heavy atom. The van der Waals surface area contributed by atoms with E-state index in [4.69, 9.17) is 0 Å². The molecule has 3 rings (SSSR count). The second kappa shape index (κ2) is 6.48. The van der Waals surface area contributed by atoms with E-state index in [1.807, 2.05) is 31.0 Å². The molecule has 22 heavy (non-hydrogen) atoms. The number of nitrogens with zero attached hydrogens (tertiary/aromatic N) is 5. The average Bonchev–Trinajstić information content (AvgIpc) is 3.13. The van der Waals surface area contributed by atoms with Crippen molar-refractivity contribution in [3.63, 3.8) is 0 Å². The lowest BCUT2D eigenvalue weighted by molar-refractivity contribution is -0.134. The Labute approximate surface area is 134 Å². The highest BCUT2D eigenvalue weighted by atomic mass is 32.1. The minimum Gasteiger partial charge on any atom is -0.346 e. The van der Waals surface area contributed by atoms with Crippen molar-refractivity contribution in [2.45, 2.75) is 26.3 Å². The number of amides is 1. The highest BCUT2D eigenvalue weighted by Gasteiger charge is 2.25. The van der Waals surface area contributed by atoms with Crippen LogP contribution in [0.15, 0.2) is 23.8 Å². The fourth-order valence-corrected chi connectivity index (χ4v) is 3.56. The summed E-state index contributed by atoms with van der Waals surface area (Å²) in [6.45, 7) is 7.24. The number of carbonyl (C=O) groups excluding carboxylic acids is 1. The largest absolute Gasteiger partial charge is 0.346 e. The lowest BCUT2D eigenvalue weighted by Gasteiger charge is -2.24. The fraction of sp³-hybridized carbons (Fsp3) is 0.533. The van der Waals surface area contributed by atoms with E-state index in [1.54, 1.807) is 22.2 Å². The van der Waals surface area contributed by atoms with Crippen molar-refractivity contribution in [3.05, 3.63) is 29.5 Å². The Morgan fingerprint density at radius 2 is 2.18 bits per heavy atom. The zero-order valence-corrected chi connectivity index (χ0v) is 13.8. The van der Waals surface area contributed by atoms with Gasteiger partial charge in [0.25, 0.3) is 0 Å². The molecule has 0 aromatic carbocycles. The predicted octanol–water partition coefficient (Wildman–Crippen LogP) is 1.95. The van der Waals surface area contributed by atoms with Gasteiger partial charge in [0.2, 0.25) is 5.91 Å². The summed E-state index contributed by atoms with van der Waals surface area (Å²) in [6, 6.07) is 1.60. The minimum atomic E-state index is -0.247. The van der Waals surface area contributed by atoms with Crippen molar-refractivity contribution >= 4 is 22.4 Å². The number of thiazole rings is 1. The first-order valence-corrected chi connectivity index (χ1v) is 8.48. The molecule has 6 nitrogen and oxygen atoms in total. The standard InChI is InChI=1S/C15H21N5OS/c1-12-11-22-15(17-12)19-7-4-6-18(9-10-19)14(21)13(2)20-8-3-5-16-20/h3,5,8,11,13H,4,6-7,9-10H2,1-2H3/t13-/m0/s1. The van der Waals surface area contributed by atoms with Gasteiger partial charge in [-0.15, -0.1) is 11.3 Å². The molecule has 0 aliphatic carbocycles. The summed E-state index contributed by atoms with van der Waals surface area (Å²) in [7, 11) is 0. The van der Waals surface area contributed by atoms with Crippen molar-refractivity contribution in [1.29, 1.82) is 0 Å². The van der Waals surface area contributed by atoms with Crippen molar-refractivity contribution in [2.75, 3.05) is 31.1 Å². The van der Waals surface area contributed by atoms with Crippen LogP contribution >= 0.6 is 11.3 Å². The number of aromatic nitrogens is 3. The van der Waals surface area contributed by atoms with Gasteiger partial charge in [0, 0.05) is 44.0 Å². The number of carbonyl (C=O) groups is 1. The third-order valence-corrected chi connectivity index (χ3v) is 4.98. The number of hydrogen-bond donors (Lipinski definition) is 0. The van der Waals surface area contributed by atoms with Gasteiger partial charge in [-0.2, -0.15) is 5.10 Å². The SMILES string of the molecule is Cc1csc(N2CCCN(C(=O)[C@H](C)n3cccn3)CC2)n1. The van der Waals surface area contributed by atoms with Crippen molar-refractivity contribution in [3.8, 4) is 0 Å². The van der Waals surface area contributed by atoms with Crippen LogP contribution in [-0.4, -0.2) is 51.8 Å². The Balaban J connectivity index is 1.63. The van der Waals surface area contributed by atoms with Crippen LogP contribution in [0.5, 0.6) is 0 Å². The third-order valence-electron chi connectivity index (χ3n) is 3.96. The smallest absolute Gasteiger partial charge is 0.247 e. The van der Waals surface area contributed by atoms with Gasteiger partial charge in [0.05, 0.1) is 5.69 Å². The molecule has 0 saturated carbocycles. The summed E-state index contributed by atoms with van der Waals surface area (Å²) in [5, 5.41) is 7.31. The average molecular weight is 319 g/mol. The maximum Gasteiger partial charge on any atom is 0.247 e. The number of hydrogen-bond acceptors (Lipinski definition) is 5. The molecule has 0 unspecified atom stereocenters. The molecule has 2 aromatic heterocycles. The maximum atomic E-state index is 12.6. The molecule has 1 saturated heterocycles. The van der Waals surface area contributed by atoms with Gasteiger partial charge in [0.1, 0.15) is 6.04 Å². The molecule has 0 radical (unpaired) electrons. The first kappa shape index (κ1) is 15.0. The summed E-state index contributed by atoms with van der Waals surface area (Å²) in [6.07, 6.45) is 4.51. The van der Waals surface area contributed by atoms with Crippen LogP contribution in [0, 0.1) is 6.92 Å². The Hall–Kier alpha value is -1.89. The van der Waals surface area contributed by atoms with Crippen LogP contribution in [-0.2, 0) is 4.79 Å². The summed E-state index contributed by atoms with van der Waals surface area (Å²) in [5.74, 6) is 0.140. The monoisotopic (exact) mass is 319 g/mol. The molecule has 1 amide bonds. The van der Waals surface area contributed by atoms with Crippen LogP contribution < -0.4 is 4.90 Å². The van der Waals surface area contributed by atoms with Crippen LogP contribution in [0.25, 0.3) is 0 Å². The normalized spacial score (nSPS) is 17.4. The van der Waals surface area contributed by atoms with Crippen LogP contribution in [0.3, 0.4) is 0 Å². The van der Waals surface area contributed by atoms with E-state index in [2.05, 4.69) is 20.4 Å². The molecular formula is C15H21N5OS. The Morgan fingerprint density at radius 1 is 1.32 bits per heavy atom. The fourth-order valence-electron chi connectivity index (χ4n) is 2.70. The predicted molar refractivity (Wildman–Crippen MR) is 87.2 cm³/mol. The topological polar surface area (TPSA) is 54.3 Å². The molecule has 1 aliphatic rings. The summed E-state index contributed by atoms with van der Waals surface area (Å²) >= 11 is 1.68. The third kappa shape index (κ3) is 3.14. The second-order valence-electron chi connectivity index (χ2n) is 5.60. The van der Waals surface area contributed by atoms with E-state index in [1.165, 1.54) is 0 Å². The van der Waals surface area contributed by atoms with Gasteiger partial charge >= 0.3 is 0 Å². The lowest BCUT2D eigenvalue weighted by Crippen LogP contribution is -2.39. The lowest BCUT2D eigenvalue weighted by atomic mass is 10.2. The Kier molecular flexibility index (Phi) is 4.42. The van der Waals surface area contributed by atoms with Gasteiger partial charge in [-0.1, -0.05) is 0 Å². The molecule has 3 heterocycles. The van der Waals surface area contributed by atoms with Gasteiger partial charge in [-0.25, -0.2) is 4.98 Å². The van der Waals surface area contributed by atoms with Gasteiger partial charge in [-0.05, 0) is 26.3 Å². The summed E-state index contributed by atoms with van der Waals surface area (Å²) in [5.41, 5.74) is 1.06. The van der Waals surface area contributed by atoms with E-state index in [0.717, 1.165) is 43.4 Å². The highest BCUT2D eigenvalue weighted by Crippen LogP contribution is 2.22. The molecule has 1 atom stereocenters. The zero-order chi connectivity index (χ0) is 15.5. The van der Waals surface area contributed by atoms with Crippen molar-refractivity contribution in [2.24, 2.45) is 0 Å². The van der Waals surface area contributed by atoms with Gasteiger partial charge in [0.15, 0.2) is 5.13 Å². The van der Waals surface area contributed by atoms with Crippen LogP contribution in [0.1, 0.15) is 25.1 Å². The van der Waals surface area contributed by atoms with Gasteiger partial charge in [-0.3, -0.25) is 9.48 Å². The highest BCUT2D eigenvalue weighted by molar-refractivity contribution is 7.13. The number of anilines is 1. The summed E-state index contributed by atoms with van der Waals surface area (Å²) in [4.78, 5) is 21.4. The van der Waals surface area contributed by atoms with Crippen molar-refractivity contribution in [1.82, 2.24) is 19.7 Å². The molecule has 7 heteroatoms. The molecule has 1 aliphatic heterocycles. The first-order chi connectivity index (χ1) is 10.6. The van der Waals surface area contributed by atoms with E-state index >= 15 is 0 Å². The molecular weight excluding hydrogens is 298 g/mol. The molecule has 0 spiro atoms. The van der Waals surface area contributed by atoms with E-state index < -0.39 is 0 Å². The molecule has 2 aromatic rings. The van der Waals surface area contributed by atoms with Crippen LogP contribution in [0.2, 0.25) is 0 Å². The van der Waals surface area contributed by atoms with E-state index in [-0.39, 0.29) is 11.9 Å². The molecule has 0 N–H and O–H groups in total. The maximum absolute atomic E-state index is 12.6. The molecule has 118 valence electrons. The van der Waals surface area contributed by atoms with E-state index in [0.29, 0.717) is 0 Å². The minimum absolute atomic E-state index is 0.140.